The minimum absolute atomic E-state index is 0.103. The molecule has 1 aromatic heterocycles. The second-order valence-corrected chi connectivity index (χ2v) is 3.22. The lowest BCUT2D eigenvalue weighted by Crippen LogP contribution is -2.09. The van der Waals surface area contributed by atoms with Gasteiger partial charge in [-0.25, -0.2) is 13.9 Å². The second-order valence-electron chi connectivity index (χ2n) is 3.22. The standard InChI is InChI=1S/C10H8FN3O2/c1-6-7(11)3-2-4-8(6)14-9(10(15)16)5-12-13-14/h2-5H,1H3,(H,15,16). The van der Waals surface area contributed by atoms with E-state index in [1.54, 1.807) is 13.0 Å². The summed E-state index contributed by atoms with van der Waals surface area (Å²) in [6, 6.07) is 4.38. The van der Waals surface area contributed by atoms with Crippen LogP contribution in [0.2, 0.25) is 0 Å². The van der Waals surface area contributed by atoms with Crippen LogP contribution >= 0.6 is 0 Å². The van der Waals surface area contributed by atoms with Gasteiger partial charge < -0.3 is 5.11 Å². The summed E-state index contributed by atoms with van der Waals surface area (Å²) in [5.41, 5.74) is 0.596. The molecule has 1 N–H and O–H groups in total. The van der Waals surface area contributed by atoms with E-state index in [0.717, 1.165) is 10.9 Å². The predicted octanol–water partition coefficient (Wildman–Crippen LogP) is 1.41. The molecule has 16 heavy (non-hydrogen) atoms. The van der Waals surface area contributed by atoms with Crippen molar-refractivity contribution in [3.05, 3.63) is 41.5 Å². The maximum Gasteiger partial charge on any atom is 0.356 e. The quantitative estimate of drug-likeness (QED) is 0.832. The fourth-order valence-electron chi connectivity index (χ4n) is 1.38. The number of aromatic carboxylic acids is 1. The molecule has 0 amide bonds. The number of carbonyl (C=O) groups is 1. The predicted molar refractivity (Wildman–Crippen MR) is 53.0 cm³/mol. The average molecular weight is 221 g/mol. The lowest BCUT2D eigenvalue weighted by atomic mass is 10.2. The van der Waals surface area contributed by atoms with Crippen LogP contribution in [-0.2, 0) is 0 Å². The molecule has 82 valence electrons. The number of benzene rings is 1. The normalized spacial score (nSPS) is 10.4. The zero-order chi connectivity index (χ0) is 11.7. The molecule has 1 aromatic carbocycles. The lowest BCUT2D eigenvalue weighted by Gasteiger charge is -2.07. The van der Waals surface area contributed by atoms with Gasteiger partial charge in [-0.1, -0.05) is 11.3 Å². The molecule has 0 radical (unpaired) electrons. The first kappa shape index (κ1) is 10.3. The molecular weight excluding hydrogens is 213 g/mol. The highest BCUT2D eigenvalue weighted by atomic mass is 19.1. The molecule has 0 saturated carbocycles. The largest absolute Gasteiger partial charge is 0.476 e. The monoisotopic (exact) mass is 221 g/mol. The zero-order valence-corrected chi connectivity index (χ0v) is 8.38. The molecule has 1 heterocycles. The van der Waals surface area contributed by atoms with Crippen molar-refractivity contribution in [3.63, 3.8) is 0 Å². The first-order valence-corrected chi connectivity index (χ1v) is 4.50. The van der Waals surface area contributed by atoms with Gasteiger partial charge in [0.25, 0.3) is 0 Å². The van der Waals surface area contributed by atoms with E-state index in [1.807, 2.05) is 0 Å². The number of carboxylic acids is 1. The molecule has 0 saturated heterocycles. The molecule has 0 bridgehead atoms. The Kier molecular flexibility index (Phi) is 2.40. The van der Waals surface area contributed by atoms with Crippen molar-refractivity contribution in [3.8, 4) is 5.69 Å². The Bertz CT molecular complexity index is 551. The number of hydrogen-bond acceptors (Lipinski definition) is 3. The van der Waals surface area contributed by atoms with Crippen molar-refractivity contribution in [1.82, 2.24) is 15.0 Å². The topological polar surface area (TPSA) is 68.0 Å². The van der Waals surface area contributed by atoms with Crippen LogP contribution in [-0.4, -0.2) is 26.1 Å². The highest BCUT2D eigenvalue weighted by Gasteiger charge is 2.15. The number of rotatable bonds is 2. The molecule has 0 fully saturated rings. The van der Waals surface area contributed by atoms with Crippen molar-refractivity contribution in [2.24, 2.45) is 0 Å². The molecule has 5 nitrogen and oxygen atoms in total. The third-order valence-corrected chi connectivity index (χ3v) is 2.24. The SMILES string of the molecule is Cc1c(F)cccc1-n1nncc1C(=O)O. The van der Waals surface area contributed by atoms with Crippen LogP contribution in [0.1, 0.15) is 16.1 Å². The van der Waals surface area contributed by atoms with Gasteiger partial charge in [-0.15, -0.1) is 5.10 Å². The van der Waals surface area contributed by atoms with Crippen molar-refractivity contribution < 1.29 is 14.3 Å². The smallest absolute Gasteiger partial charge is 0.356 e. The molecular formula is C10H8FN3O2. The highest BCUT2D eigenvalue weighted by molar-refractivity contribution is 5.85. The van der Waals surface area contributed by atoms with Gasteiger partial charge in [0.15, 0.2) is 5.69 Å². The maximum atomic E-state index is 13.3. The first-order chi connectivity index (χ1) is 7.61. The van der Waals surface area contributed by atoms with Gasteiger partial charge in [0.2, 0.25) is 0 Å². The Morgan fingerprint density at radius 2 is 2.25 bits per heavy atom. The van der Waals surface area contributed by atoms with Crippen LogP contribution in [0.15, 0.2) is 24.4 Å². The Hall–Kier alpha value is -2.24. The minimum Gasteiger partial charge on any atom is -0.476 e. The van der Waals surface area contributed by atoms with Crippen molar-refractivity contribution >= 4 is 5.97 Å². The summed E-state index contributed by atoms with van der Waals surface area (Å²) >= 11 is 0. The van der Waals surface area contributed by atoms with Crippen molar-refractivity contribution in [1.29, 1.82) is 0 Å². The van der Waals surface area contributed by atoms with Crippen LogP contribution in [0.3, 0.4) is 0 Å². The number of halogens is 1. The molecule has 0 aliphatic carbocycles. The molecule has 0 spiro atoms. The third kappa shape index (κ3) is 1.54. The van der Waals surface area contributed by atoms with Gasteiger partial charge >= 0.3 is 5.97 Å². The van der Waals surface area contributed by atoms with E-state index in [1.165, 1.54) is 12.1 Å². The summed E-state index contributed by atoms with van der Waals surface area (Å²) in [4.78, 5) is 10.9. The molecule has 0 aliphatic heterocycles. The lowest BCUT2D eigenvalue weighted by molar-refractivity contribution is 0.0687. The van der Waals surface area contributed by atoms with E-state index in [2.05, 4.69) is 10.3 Å². The van der Waals surface area contributed by atoms with Gasteiger partial charge in [0.05, 0.1) is 11.9 Å². The van der Waals surface area contributed by atoms with E-state index in [-0.39, 0.29) is 5.69 Å². The highest BCUT2D eigenvalue weighted by Crippen LogP contribution is 2.17. The average Bonchev–Trinajstić information content (AvgIpc) is 2.70. The van der Waals surface area contributed by atoms with E-state index in [9.17, 15) is 9.18 Å². The van der Waals surface area contributed by atoms with Crippen LogP contribution in [0, 0.1) is 12.7 Å². The molecule has 2 rings (SSSR count). The van der Waals surface area contributed by atoms with Crippen LogP contribution in [0.4, 0.5) is 4.39 Å². The second kappa shape index (κ2) is 3.73. The third-order valence-electron chi connectivity index (χ3n) is 2.24. The van der Waals surface area contributed by atoms with E-state index in [4.69, 9.17) is 5.11 Å². The van der Waals surface area contributed by atoms with Crippen molar-refractivity contribution in [2.45, 2.75) is 6.92 Å². The number of carboxylic acid groups (broad SMARTS) is 1. The Morgan fingerprint density at radius 1 is 1.50 bits per heavy atom. The van der Waals surface area contributed by atoms with Gasteiger partial charge in [0.1, 0.15) is 5.82 Å². The van der Waals surface area contributed by atoms with Gasteiger partial charge in [-0.3, -0.25) is 0 Å². The fraction of sp³-hybridized carbons (Fsp3) is 0.100. The van der Waals surface area contributed by atoms with E-state index in [0.29, 0.717) is 11.3 Å². The summed E-state index contributed by atoms with van der Waals surface area (Å²) in [6.07, 6.45) is 1.12. The summed E-state index contributed by atoms with van der Waals surface area (Å²) in [5, 5.41) is 16.0. The first-order valence-electron chi connectivity index (χ1n) is 4.50. The van der Waals surface area contributed by atoms with Crippen LogP contribution in [0.25, 0.3) is 5.69 Å². The summed E-state index contributed by atoms with van der Waals surface area (Å²) in [6.45, 7) is 1.55. The molecule has 2 aromatic rings. The number of aromatic nitrogens is 3. The van der Waals surface area contributed by atoms with Gasteiger partial charge in [-0.05, 0) is 19.1 Å². The molecule has 0 aliphatic rings. The Morgan fingerprint density at radius 3 is 2.94 bits per heavy atom. The minimum atomic E-state index is -1.16. The van der Waals surface area contributed by atoms with E-state index >= 15 is 0 Å². The number of nitrogens with zero attached hydrogens (tertiary/aromatic N) is 3. The molecule has 0 unspecified atom stereocenters. The fourth-order valence-corrected chi connectivity index (χ4v) is 1.38. The number of hydrogen-bond donors (Lipinski definition) is 1. The van der Waals surface area contributed by atoms with Crippen LogP contribution < -0.4 is 0 Å². The Labute approximate surface area is 90.1 Å². The molecule has 6 heteroatoms. The summed E-state index contributed by atoms with van der Waals surface area (Å²) < 4.78 is 14.4. The summed E-state index contributed by atoms with van der Waals surface area (Å²) in [7, 11) is 0. The zero-order valence-electron chi connectivity index (χ0n) is 8.38. The maximum absolute atomic E-state index is 13.3. The van der Waals surface area contributed by atoms with E-state index < -0.39 is 11.8 Å². The molecule has 0 atom stereocenters. The van der Waals surface area contributed by atoms with Gasteiger partial charge in [-0.2, -0.15) is 0 Å². The van der Waals surface area contributed by atoms with Crippen molar-refractivity contribution in [2.75, 3.05) is 0 Å². The van der Waals surface area contributed by atoms with Gasteiger partial charge in [0, 0.05) is 5.56 Å². The summed E-state index contributed by atoms with van der Waals surface area (Å²) in [5.74, 6) is -1.57. The Balaban J connectivity index is 2.63. The van der Waals surface area contributed by atoms with Crippen LogP contribution in [0.5, 0.6) is 0 Å².